The summed E-state index contributed by atoms with van der Waals surface area (Å²) in [6, 6.07) is 11.4. The second-order valence-corrected chi connectivity index (χ2v) is 14.4. The number of nitrogens with zero attached hydrogens (tertiary/aromatic N) is 5. The van der Waals surface area contributed by atoms with E-state index in [0.29, 0.717) is 24.7 Å². The number of ether oxygens (including phenoxy) is 2. The molecule has 12 nitrogen and oxygen atoms in total. The van der Waals surface area contributed by atoms with E-state index in [9.17, 15) is 9.59 Å². The number of nitrogens with one attached hydrogen (secondary N) is 2. The maximum atomic E-state index is 12.9. The first-order chi connectivity index (χ1) is 22.3. The number of aromatic amines is 2. The third kappa shape index (κ3) is 6.16. The number of imidazole rings is 2. The highest BCUT2D eigenvalue weighted by Gasteiger charge is 2.36. The summed E-state index contributed by atoms with van der Waals surface area (Å²) in [7, 11) is 0. The minimum Gasteiger partial charge on any atom is -0.444 e. The number of carbonyl (C=O) groups is 2. The minimum atomic E-state index is -0.572. The molecule has 0 bridgehead atoms. The number of hydrogen-bond donors (Lipinski definition) is 2. The van der Waals surface area contributed by atoms with E-state index >= 15 is 0 Å². The molecule has 7 rings (SSSR count). The average molecular weight is 640 g/mol. The lowest BCUT2D eigenvalue weighted by Gasteiger charge is -2.27. The van der Waals surface area contributed by atoms with Gasteiger partial charge in [0, 0.05) is 18.7 Å². The van der Waals surface area contributed by atoms with Crippen LogP contribution < -0.4 is 0 Å². The third-order valence-electron chi connectivity index (χ3n) is 8.44. The van der Waals surface area contributed by atoms with E-state index < -0.39 is 11.2 Å². The molecule has 2 atom stereocenters. The van der Waals surface area contributed by atoms with Crippen LogP contribution >= 0.6 is 0 Å². The second-order valence-electron chi connectivity index (χ2n) is 14.4. The van der Waals surface area contributed by atoms with Gasteiger partial charge in [-0.25, -0.2) is 24.5 Å². The Morgan fingerprint density at radius 2 is 1.45 bits per heavy atom. The van der Waals surface area contributed by atoms with Crippen LogP contribution in [0, 0.1) is 0 Å². The molecule has 2 saturated heterocycles. The fourth-order valence-electron chi connectivity index (χ4n) is 6.43. The molecule has 246 valence electrons. The molecular weight excluding hydrogens is 598 g/mol. The maximum Gasteiger partial charge on any atom is 0.410 e. The summed E-state index contributed by atoms with van der Waals surface area (Å²) in [5.41, 5.74) is 3.68. The van der Waals surface area contributed by atoms with Crippen molar-refractivity contribution in [3.8, 4) is 22.8 Å². The molecule has 2 amide bonds. The number of H-pyrrole nitrogens is 2. The van der Waals surface area contributed by atoms with E-state index in [1.54, 1.807) is 16.0 Å². The van der Waals surface area contributed by atoms with Gasteiger partial charge in [-0.05, 0) is 97.6 Å². The number of rotatable bonds is 4. The number of oxazole rings is 1. The molecule has 5 heterocycles. The van der Waals surface area contributed by atoms with Gasteiger partial charge in [0.2, 0.25) is 5.89 Å². The molecule has 1 unspecified atom stereocenters. The number of benzene rings is 2. The van der Waals surface area contributed by atoms with Gasteiger partial charge in [0.15, 0.2) is 5.76 Å². The Labute approximate surface area is 272 Å². The Kier molecular flexibility index (Phi) is 7.48. The molecule has 2 aromatic carbocycles. The maximum absolute atomic E-state index is 12.9. The zero-order chi connectivity index (χ0) is 33.1. The standard InChI is InChI=1S/C35H41N7O5/c1-34(2,3)46-32(43)41-16-8-12-25(41)29-37-22-15-14-20(18-24(22)39-29)27-19-36-31(45-27)21-10-7-11-23-28(21)40-30(38-23)26-13-9-17-42(26)33(44)47-35(4,5)6/h7,10-11,14-15,18-19,25-26H,8-9,12-13,16-17H2,1-6H3,(H,37,39)(H,38,40)/t25?,26-/m0/s1. The second kappa shape index (κ2) is 11.4. The predicted molar refractivity (Wildman–Crippen MR) is 177 cm³/mol. The zero-order valence-electron chi connectivity index (χ0n) is 27.7. The van der Waals surface area contributed by atoms with Gasteiger partial charge in [0.05, 0.1) is 40.4 Å². The zero-order valence-corrected chi connectivity index (χ0v) is 27.7. The summed E-state index contributed by atoms with van der Waals surface area (Å²) in [4.78, 5) is 50.6. The van der Waals surface area contributed by atoms with Crippen molar-refractivity contribution in [3.63, 3.8) is 0 Å². The van der Waals surface area contributed by atoms with Gasteiger partial charge in [-0.1, -0.05) is 6.07 Å². The van der Waals surface area contributed by atoms with Crippen molar-refractivity contribution >= 4 is 34.3 Å². The first-order valence-electron chi connectivity index (χ1n) is 16.3. The number of carbonyl (C=O) groups excluding carboxylic acids is 2. The molecule has 5 aromatic rings. The first-order valence-corrected chi connectivity index (χ1v) is 16.3. The number of aromatic nitrogens is 5. The number of para-hydroxylation sites is 1. The number of fused-ring (bicyclic) bond motifs is 2. The van der Waals surface area contributed by atoms with Crippen molar-refractivity contribution in [2.75, 3.05) is 13.1 Å². The van der Waals surface area contributed by atoms with Crippen LogP contribution in [0.3, 0.4) is 0 Å². The molecule has 12 heteroatoms. The number of amides is 2. The lowest BCUT2D eigenvalue weighted by Crippen LogP contribution is -2.36. The van der Waals surface area contributed by atoms with Crippen molar-refractivity contribution in [1.29, 1.82) is 0 Å². The van der Waals surface area contributed by atoms with Crippen LogP contribution in [-0.4, -0.2) is 71.2 Å². The Hall–Kier alpha value is -4.87. The van der Waals surface area contributed by atoms with Crippen LogP contribution in [0.2, 0.25) is 0 Å². The largest absolute Gasteiger partial charge is 0.444 e. The molecule has 0 spiro atoms. The molecular formula is C35H41N7O5. The predicted octanol–water partition coefficient (Wildman–Crippen LogP) is 7.91. The van der Waals surface area contributed by atoms with E-state index in [1.807, 2.05) is 77.9 Å². The Bertz CT molecular complexity index is 1960. The van der Waals surface area contributed by atoms with Crippen LogP contribution in [-0.2, 0) is 9.47 Å². The van der Waals surface area contributed by atoms with Gasteiger partial charge in [-0.3, -0.25) is 9.80 Å². The van der Waals surface area contributed by atoms with Crippen molar-refractivity contribution < 1.29 is 23.5 Å². The summed E-state index contributed by atoms with van der Waals surface area (Å²) in [5, 5.41) is 0. The molecule has 0 radical (unpaired) electrons. The van der Waals surface area contributed by atoms with Crippen LogP contribution in [0.25, 0.3) is 44.8 Å². The van der Waals surface area contributed by atoms with Crippen LogP contribution in [0.15, 0.2) is 47.0 Å². The van der Waals surface area contributed by atoms with E-state index in [-0.39, 0.29) is 24.3 Å². The summed E-state index contributed by atoms with van der Waals surface area (Å²) in [5.74, 6) is 2.51. The lowest BCUT2D eigenvalue weighted by atomic mass is 10.1. The SMILES string of the molecule is CC(C)(C)OC(=O)N1CCCC1c1nc2ccc(-c3cnc(-c4cccc5[nH]c([C@@H]6CCCN6C(=O)OC(C)(C)C)nc45)o3)cc2[nH]1. The fraction of sp³-hybridized carbons (Fsp3) is 0.457. The van der Waals surface area contributed by atoms with Gasteiger partial charge < -0.3 is 23.9 Å². The van der Waals surface area contributed by atoms with Crippen LogP contribution in [0.1, 0.15) is 91.0 Å². The third-order valence-corrected chi connectivity index (χ3v) is 8.44. The van der Waals surface area contributed by atoms with E-state index in [2.05, 4.69) is 15.0 Å². The summed E-state index contributed by atoms with van der Waals surface area (Å²) in [6.07, 6.45) is 4.44. The van der Waals surface area contributed by atoms with Gasteiger partial charge in [0.25, 0.3) is 0 Å². The molecule has 0 saturated carbocycles. The van der Waals surface area contributed by atoms with Crippen LogP contribution in [0.5, 0.6) is 0 Å². The molecule has 3 aromatic heterocycles. The quantitative estimate of drug-likeness (QED) is 0.202. The Balaban J connectivity index is 1.13. The molecule has 47 heavy (non-hydrogen) atoms. The normalized spacial score (nSPS) is 18.9. The first kappa shape index (κ1) is 30.8. The highest BCUT2D eigenvalue weighted by molar-refractivity contribution is 5.90. The smallest absolute Gasteiger partial charge is 0.410 e. The van der Waals surface area contributed by atoms with Gasteiger partial charge >= 0.3 is 12.2 Å². The van der Waals surface area contributed by atoms with Gasteiger partial charge in [-0.15, -0.1) is 0 Å². The molecule has 2 aliphatic heterocycles. The molecule has 0 aliphatic carbocycles. The lowest BCUT2D eigenvalue weighted by molar-refractivity contribution is 0.0208. The molecule has 2 fully saturated rings. The highest BCUT2D eigenvalue weighted by Crippen LogP contribution is 2.37. The van der Waals surface area contributed by atoms with E-state index in [1.165, 1.54) is 0 Å². The highest BCUT2D eigenvalue weighted by atomic mass is 16.6. The van der Waals surface area contributed by atoms with Crippen molar-refractivity contribution in [2.45, 2.75) is 90.5 Å². The van der Waals surface area contributed by atoms with E-state index in [4.69, 9.17) is 23.9 Å². The van der Waals surface area contributed by atoms with E-state index in [0.717, 1.165) is 70.5 Å². The number of likely N-dealkylation sites (tertiary alicyclic amines) is 2. The summed E-state index contributed by atoms with van der Waals surface area (Å²) >= 11 is 0. The van der Waals surface area contributed by atoms with Crippen molar-refractivity contribution in [3.05, 3.63) is 54.2 Å². The molecule has 2 aliphatic rings. The summed E-state index contributed by atoms with van der Waals surface area (Å²) in [6.45, 7) is 12.5. The van der Waals surface area contributed by atoms with Gasteiger partial charge in [0.1, 0.15) is 28.4 Å². The minimum absolute atomic E-state index is 0.169. The average Bonchev–Trinajstić information content (AvgIpc) is 3.82. The number of hydrogen-bond acceptors (Lipinski definition) is 8. The van der Waals surface area contributed by atoms with Crippen molar-refractivity contribution in [2.24, 2.45) is 0 Å². The Morgan fingerprint density at radius 3 is 2.09 bits per heavy atom. The van der Waals surface area contributed by atoms with Crippen molar-refractivity contribution in [1.82, 2.24) is 34.7 Å². The Morgan fingerprint density at radius 1 is 0.830 bits per heavy atom. The monoisotopic (exact) mass is 639 g/mol. The van der Waals surface area contributed by atoms with Crippen LogP contribution in [0.4, 0.5) is 9.59 Å². The fourth-order valence-corrected chi connectivity index (χ4v) is 6.43. The molecule has 2 N–H and O–H groups in total. The summed E-state index contributed by atoms with van der Waals surface area (Å²) < 4.78 is 17.6. The topological polar surface area (TPSA) is 142 Å². The van der Waals surface area contributed by atoms with Gasteiger partial charge in [-0.2, -0.15) is 0 Å².